The van der Waals surface area contributed by atoms with Crippen molar-refractivity contribution in [3.8, 4) is 0 Å². The van der Waals surface area contributed by atoms with Crippen molar-refractivity contribution in [3.05, 3.63) is 0 Å². The largest absolute Gasteiger partial charge is 0.393 e. The van der Waals surface area contributed by atoms with Crippen LogP contribution < -0.4 is 0 Å². The topological polar surface area (TPSA) is 263 Å². The summed E-state index contributed by atoms with van der Waals surface area (Å²) >= 11 is 0. The number of unbranched alkanes of at least 4 members (excludes halogenated alkanes) is 4. The van der Waals surface area contributed by atoms with Crippen LogP contribution in [0.4, 0.5) is 0 Å². The highest BCUT2D eigenvalue weighted by atomic mass is 16.3. The fourth-order valence-electron chi connectivity index (χ4n) is 46.8. The molecule has 20 aliphatic carbocycles. The molecule has 0 radical (unpaired) electrons. The van der Waals surface area contributed by atoms with Gasteiger partial charge in [0.2, 0.25) is 0 Å². The molecule has 0 saturated heterocycles. The molecule has 13 nitrogen and oxygen atoms in total. The van der Waals surface area contributed by atoms with E-state index < -0.39 is 0 Å². The van der Waals surface area contributed by atoms with Crippen molar-refractivity contribution in [1.82, 2.24) is 0 Å². The van der Waals surface area contributed by atoms with E-state index in [-0.39, 0.29) is 112 Å². The standard InChI is InChI=1S/C27H48O3.2C27H48O2.2C25H44O3/c1-6-8-9-16(3)19-10-11-20-24-22(15-23(29)27(19,20)5)26(4)13-12-17(28)14-21(26)18(7-2)25(24)30;1-7-19-23-15-18(28)10-12-27(23,6)22-11-13-26(5)20(17(4)14-16(2)3)8-9-21(26)24(22)25(19)29;1-6-8-9-17(3)20-10-11-21-24-22(13-15-26(20,21)4)27(5)14-12-18(28)16-23(27)19(7-2)25(24)29;2*1-5-6-7-15(2)18-8-9-19-23-20(14-22(28)25(18,19)4)24(3)11-10-17(26)12-16(24)13-21(23)27/h16-25,28-30H,6-15H2,1-5H3;16-25,28-29H,7-15H2,1-6H3;17-25,28-29H,6-16H2,1-5H3;2*15-23,26-28H,5-14H2,1-4H3/t16-,17-,18-,19-,20?,21+,22?,23+,24?,25-,26+,27-;2*17-,18-,19-,20-,21?,22?,23+,24?,25-,26-,27-;15-,16+,17-,18-,19?,20?,21+,22-,23?,24+,25-;15-,16+,17-,18-,19?,20?,21-,22+,23?,24+,25-/m11111/s1. The van der Waals surface area contributed by atoms with E-state index in [9.17, 15) is 66.4 Å². The number of hydrogen-bond donors (Lipinski definition) is 13. The lowest BCUT2D eigenvalue weighted by molar-refractivity contribution is -0.228. The van der Waals surface area contributed by atoms with Gasteiger partial charge in [0.05, 0.1) is 79.4 Å². The van der Waals surface area contributed by atoms with Gasteiger partial charge in [-0.1, -0.05) is 262 Å². The van der Waals surface area contributed by atoms with Crippen LogP contribution >= 0.6 is 0 Å². The third-order valence-corrected chi connectivity index (χ3v) is 54.5. The zero-order valence-corrected chi connectivity index (χ0v) is 97.3. The number of hydrogen-bond acceptors (Lipinski definition) is 13. The Morgan fingerprint density at radius 1 is 0.222 bits per heavy atom. The van der Waals surface area contributed by atoms with Crippen molar-refractivity contribution in [2.24, 2.45) is 255 Å². The third kappa shape index (κ3) is 19.9. The van der Waals surface area contributed by atoms with Crippen LogP contribution in [0.1, 0.15) is 487 Å². The molecule has 0 aliphatic heterocycles. The van der Waals surface area contributed by atoms with Crippen molar-refractivity contribution in [2.45, 2.75) is 567 Å². The monoisotopic (exact) mass is 2010 g/mol. The molecule has 0 spiro atoms. The minimum Gasteiger partial charge on any atom is -0.393 e. The highest BCUT2D eigenvalue weighted by Crippen LogP contribution is 2.77. The Bertz CT molecular complexity index is 3960. The van der Waals surface area contributed by atoms with E-state index in [0.717, 1.165) is 164 Å². The Labute approximate surface area is 882 Å². The van der Waals surface area contributed by atoms with Crippen LogP contribution in [0.2, 0.25) is 0 Å². The molecule has 0 amide bonds. The van der Waals surface area contributed by atoms with Gasteiger partial charge in [0.15, 0.2) is 0 Å². The molecule has 56 atom stereocenters. The van der Waals surface area contributed by atoms with Gasteiger partial charge in [-0.05, 0) is 480 Å². The van der Waals surface area contributed by atoms with E-state index in [1.54, 1.807) is 0 Å². The Morgan fingerprint density at radius 2 is 0.465 bits per heavy atom. The number of fused-ring (bicyclic) bond motifs is 25. The van der Waals surface area contributed by atoms with Crippen molar-refractivity contribution in [3.63, 3.8) is 0 Å². The lowest BCUT2D eigenvalue weighted by Gasteiger charge is -2.65. The molecule has 20 saturated carbocycles. The highest BCUT2D eigenvalue weighted by Gasteiger charge is 2.74. The van der Waals surface area contributed by atoms with Gasteiger partial charge in [0.1, 0.15) is 0 Å². The third-order valence-electron chi connectivity index (χ3n) is 54.5. The molecular formula is C131H232O13. The maximum absolute atomic E-state index is 11.8. The second kappa shape index (κ2) is 45.5. The molecular weight excluding hydrogens is 1780 g/mol. The van der Waals surface area contributed by atoms with E-state index in [2.05, 4.69) is 166 Å². The Morgan fingerprint density at radius 3 is 0.771 bits per heavy atom. The van der Waals surface area contributed by atoms with Crippen LogP contribution in [0.15, 0.2) is 0 Å². The van der Waals surface area contributed by atoms with E-state index in [1.165, 1.54) is 186 Å². The van der Waals surface area contributed by atoms with Gasteiger partial charge in [-0.3, -0.25) is 0 Å². The van der Waals surface area contributed by atoms with Crippen LogP contribution in [0, 0.1) is 255 Å². The molecule has 13 heteroatoms. The maximum Gasteiger partial charge on any atom is 0.0605 e. The smallest absolute Gasteiger partial charge is 0.0605 e. The minimum atomic E-state index is -0.273. The van der Waals surface area contributed by atoms with E-state index in [0.29, 0.717) is 193 Å². The average molecular weight is 2020 g/mol. The second-order valence-electron chi connectivity index (χ2n) is 60.6. The Balaban J connectivity index is 0.000000129. The minimum absolute atomic E-state index is 0.0350. The molecule has 20 aliphatic rings. The summed E-state index contributed by atoms with van der Waals surface area (Å²) in [6, 6.07) is 0. The Hall–Kier alpha value is -0.520. The lowest BCUT2D eigenvalue weighted by Crippen LogP contribution is -2.65. The summed E-state index contributed by atoms with van der Waals surface area (Å²) in [7, 11) is 0. The fraction of sp³-hybridized carbons (Fsp3) is 1.00. The summed E-state index contributed by atoms with van der Waals surface area (Å²) in [5.41, 5.74) is 1.90. The molecule has 0 bridgehead atoms. The molecule has 20 fully saturated rings. The maximum atomic E-state index is 11.8. The van der Waals surface area contributed by atoms with Crippen molar-refractivity contribution < 1.29 is 66.4 Å². The first-order valence-corrected chi connectivity index (χ1v) is 63.9. The van der Waals surface area contributed by atoms with Crippen LogP contribution in [0.25, 0.3) is 0 Å². The summed E-state index contributed by atoms with van der Waals surface area (Å²) in [6.07, 6.45) is 53.9. The number of aliphatic hydroxyl groups is 13. The van der Waals surface area contributed by atoms with Crippen LogP contribution in [-0.2, 0) is 0 Å². The molecule has 0 aromatic rings. The normalized spacial score (nSPS) is 53.9. The molecule has 0 heterocycles. The van der Waals surface area contributed by atoms with Crippen LogP contribution in [0.3, 0.4) is 0 Å². The SMILES string of the molecule is CCCC[C@@H](C)[C@H]1CCC2C3C(CC[C@@]21C)[C@@]1(C)CC[C@@H](O)C[C@H]1[C@@H](CC)[C@H]3O.CCCC[C@@H](C)[C@H]1CCC2C3C(C[C@@H](O)[C@@]21C)[C@@]1(C)CC[C@@H](O)C[C@H]1C[C@@H]3O.CCCC[C@@H](C)[C@H]1CCC2C3C(C[C@H](O)[C@@]21C)[C@@]1(C)CC[C@@H](O)C[C@H]1C[C@H]3O.CCCC[C@@H](C)[C@H]1CCC2C3C(C[C@H](O)[C@@]21C)[C@@]1(C)CC[C@@H](O)C[C@H]1[C@@H](CC)[C@H]3O.CC[C@H]1[C@@H](O)C2C3CC[C@H]([C@H](C)CC(C)C)[C@@]3(C)CCC2[C@@]2(C)CC[C@@H](O)C[C@@H]12. The van der Waals surface area contributed by atoms with Gasteiger partial charge in [0.25, 0.3) is 0 Å². The van der Waals surface area contributed by atoms with Gasteiger partial charge in [0, 0.05) is 0 Å². The van der Waals surface area contributed by atoms with E-state index in [4.69, 9.17) is 0 Å². The Kier molecular flexibility index (Phi) is 36.6. The summed E-state index contributed by atoms with van der Waals surface area (Å²) in [5, 5.41) is 144. The zero-order chi connectivity index (χ0) is 104. The first-order valence-electron chi connectivity index (χ1n) is 63.9. The van der Waals surface area contributed by atoms with Crippen molar-refractivity contribution >= 4 is 0 Å². The van der Waals surface area contributed by atoms with Gasteiger partial charge in [-0.15, -0.1) is 0 Å². The molecule has 13 N–H and O–H groups in total. The molecule has 15 unspecified atom stereocenters. The molecule has 144 heavy (non-hydrogen) atoms. The van der Waals surface area contributed by atoms with Crippen LogP contribution in [0.5, 0.6) is 0 Å². The fourth-order valence-corrected chi connectivity index (χ4v) is 46.8. The van der Waals surface area contributed by atoms with E-state index >= 15 is 0 Å². The molecule has 0 aromatic carbocycles. The second-order valence-corrected chi connectivity index (χ2v) is 60.6. The predicted molar refractivity (Wildman–Crippen MR) is 588 cm³/mol. The van der Waals surface area contributed by atoms with Gasteiger partial charge in [-0.25, -0.2) is 0 Å². The average Bonchev–Trinajstić information content (AvgIpc) is 1.44. The van der Waals surface area contributed by atoms with Crippen molar-refractivity contribution in [1.29, 1.82) is 0 Å². The van der Waals surface area contributed by atoms with E-state index in [1.807, 2.05) is 0 Å². The number of rotatable bonds is 22. The quantitative estimate of drug-likeness (QED) is 0.0482. The zero-order valence-electron chi connectivity index (χ0n) is 97.3. The summed E-state index contributed by atoms with van der Waals surface area (Å²) < 4.78 is 0. The first kappa shape index (κ1) is 116. The first-order chi connectivity index (χ1) is 68.1. The van der Waals surface area contributed by atoms with Crippen molar-refractivity contribution in [2.75, 3.05) is 0 Å². The van der Waals surface area contributed by atoms with Gasteiger partial charge < -0.3 is 66.4 Å². The highest BCUT2D eigenvalue weighted by molar-refractivity contribution is 5.22. The van der Waals surface area contributed by atoms with Gasteiger partial charge in [-0.2, -0.15) is 0 Å². The predicted octanol–water partition coefficient (Wildman–Crippen LogP) is 27.7. The van der Waals surface area contributed by atoms with Gasteiger partial charge >= 0.3 is 0 Å². The summed E-state index contributed by atoms with van der Waals surface area (Å²) in [4.78, 5) is 0. The molecule has 20 rings (SSSR count). The van der Waals surface area contributed by atoms with Crippen LogP contribution in [-0.4, -0.2) is 146 Å². The summed E-state index contributed by atoms with van der Waals surface area (Å²) in [6.45, 7) is 57.6. The summed E-state index contributed by atoms with van der Waals surface area (Å²) in [5.74, 6) is 18.4. The molecule has 834 valence electrons. The molecule has 0 aromatic heterocycles. The number of aliphatic hydroxyl groups excluding tert-OH is 13. The lowest BCUT2D eigenvalue weighted by atomic mass is 9.41.